The smallest absolute Gasteiger partial charge is 0.243 e. The fraction of sp³-hybridized carbons (Fsp3) is 0.562. The number of rotatable bonds is 5. The van der Waals surface area contributed by atoms with E-state index in [1.54, 1.807) is 0 Å². The maximum absolute atomic E-state index is 12.0. The summed E-state index contributed by atoms with van der Waals surface area (Å²) in [5.41, 5.74) is 9.29. The number of nitrogens with two attached hydrogens (primary N) is 1. The normalized spacial score (nSPS) is 16.9. The average molecular weight is 291 g/mol. The summed E-state index contributed by atoms with van der Waals surface area (Å²) >= 11 is 0. The van der Waals surface area contributed by atoms with Crippen LogP contribution in [0.3, 0.4) is 0 Å². The monoisotopic (exact) mass is 291 g/mol. The fourth-order valence-electron chi connectivity index (χ4n) is 2.47. The van der Waals surface area contributed by atoms with Gasteiger partial charge >= 0.3 is 0 Å². The highest BCUT2D eigenvalue weighted by molar-refractivity contribution is 5.94. The molecule has 0 saturated carbocycles. The summed E-state index contributed by atoms with van der Waals surface area (Å²) in [4.78, 5) is 14.3. The van der Waals surface area contributed by atoms with Gasteiger partial charge < -0.3 is 20.7 Å². The second-order valence-electron chi connectivity index (χ2n) is 5.54. The van der Waals surface area contributed by atoms with Crippen LogP contribution >= 0.6 is 0 Å². The van der Waals surface area contributed by atoms with E-state index < -0.39 is 6.04 Å². The van der Waals surface area contributed by atoms with Crippen LogP contribution < -0.4 is 11.1 Å². The molecular formula is C16H25N3O2. The van der Waals surface area contributed by atoms with E-state index in [4.69, 9.17) is 10.5 Å². The van der Waals surface area contributed by atoms with Gasteiger partial charge in [-0.3, -0.25) is 4.79 Å². The molecule has 1 unspecified atom stereocenters. The van der Waals surface area contributed by atoms with Crippen LogP contribution in [0.4, 0.5) is 5.69 Å². The summed E-state index contributed by atoms with van der Waals surface area (Å²) in [6, 6.07) is 5.50. The summed E-state index contributed by atoms with van der Waals surface area (Å²) in [5.74, 6) is -0.200. The zero-order valence-electron chi connectivity index (χ0n) is 12.9. The molecule has 1 amide bonds. The molecule has 1 aromatic rings. The van der Waals surface area contributed by atoms with Crippen LogP contribution in [0.25, 0.3) is 0 Å². The van der Waals surface area contributed by atoms with Gasteiger partial charge in [-0.1, -0.05) is 6.07 Å². The van der Waals surface area contributed by atoms with Crippen molar-refractivity contribution in [2.24, 2.45) is 5.73 Å². The number of fused-ring (bicyclic) bond motifs is 1. The molecule has 0 aromatic heterocycles. The standard InChI is InChI=1S/C16H25N3O2/c1-3-21-11-15(17)16(20)18-14-5-4-12-6-8-19(2)9-7-13(12)10-14/h4-5,10,15H,3,6-9,11,17H2,1-2H3,(H,18,20). The Morgan fingerprint density at radius 3 is 2.81 bits per heavy atom. The van der Waals surface area contributed by atoms with E-state index in [0.29, 0.717) is 6.61 Å². The fourth-order valence-corrected chi connectivity index (χ4v) is 2.47. The highest BCUT2D eigenvalue weighted by Gasteiger charge is 2.15. The lowest BCUT2D eigenvalue weighted by Crippen LogP contribution is -2.39. The highest BCUT2D eigenvalue weighted by atomic mass is 16.5. The number of likely N-dealkylation sites (N-methyl/N-ethyl adjacent to an activating group) is 1. The summed E-state index contributed by atoms with van der Waals surface area (Å²) in [6.45, 7) is 4.83. The minimum absolute atomic E-state index is 0.200. The molecule has 116 valence electrons. The first-order valence-corrected chi connectivity index (χ1v) is 7.54. The molecule has 1 aromatic carbocycles. The van der Waals surface area contributed by atoms with E-state index in [0.717, 1.165) is 31.6 Å². The van der Waals surface area contributed by atoms with Crippen LogP contribution in [0.1, 0.15) is 18.1 Å². The number of nitrogens with one attached hydrogen (secondary N) is 1. The number of amides is 1. The van der Waals surface area contributed by atoms with Gasteiger partial charge in [0.15, 0.2) is 0 Å². The molecule has 2 rings (SSSR count). The summed E-state index contributed by atoms with van der Waals surface area (Å²) in [7, 11) is 2.14. The molecule has 5 heteroatoms. The van der Waals surface area contributed by atoms with Crippen molar-refractivity contribution in [3.8, 4) is 0 Å². The topological polar surface area (TPSA) is 67.6 Å². The molecular weight excluding hydrogens is 266 g/mol. The van der Waals surface area contributed by atoms with Crippen LogP contribution in [0.5, 0.6) is 0 Å². The minimum Gasteiger partial charge on any atom is -0.380 e. The van der Waals surface area contributed by atoms with Crippen molar-refractivity contribution in [3.63, 3.8) is 0 Å². The Hall–Kier alpha value is -1.43. The van der Waals surface area contributed by atoms with Gasteiger partial charge in [-0.25, -0.2) is 0 Å². The zero-order valence-corrected chi connectivity index (χ0v) is 12.9. The largest absolute Gasteiger partial charge is 0.380 e. The quantitative estimate of drug-likeness (QED) is 0.850. The molecule has 0 saturated heterocycles. The Kier molecular flexibility index (Phi) is 5.73. The van der Waals surface area contributed by atoms with E-state index in [1.807, 2.05) is 13.0 Å². The maximum Gasteiger partial charge on any atom is 0.243 e. The number of hydrogen-bond donors (Lipinski definition) is 2. The molecule has 3 N–H and O–H groups in total. The van der Waals surface area contributed by atoms with Gasteiger partial charge in [0, 0.05) is 25.4 Å². The van der Waals surface area contributed by atoms with Crippen LogP contribution in [-0.4, -0.2) is 50.2 Å². The van der Waals surface area contributed by atoms with Crippen molar-refractivity contribution in [2.45, 2.75) is 25.8 Å². The van der Waals surface area contributed by atoms with E-state index >= 15 is 0 Å². The van der Waals surface area contributed by atoms with Gasteiger partial charge in [-0.2, -0.15) is 0 Å². The predicted octanol–water partition coefficient (Wildman–Crippen LogP) is 1.02. The Bertz CT molecular complexity index is 490. The van der Waals surface area contributed by atoms with Crippen LogP contribution in [0.15, 0.2) is 18.2 Å². The van der Waals surface area contributed by atoms with Crippen molar-refractivity contribution in [3.05, 3.63) is 29.3 Å². The lowest BCUT2D eigenvalue weighted by molar-refractivity contribution is -0.118. The molecule has 1 aliphatic rings. The number of anilines is 1. The van der Waals surface area contributed by atoms with Crippen molar-refractivity contribution in [1.82, 2.24) is 4.90 Å². The molecule has 1 atom stereocenters. The minimum atomic E-state index is -0.630. The second kappa shape index (κ2) is 7.54. The molecule has 0 radical (unpaired) electrons. The predicted molar refractivity (Wildman–Crippen MR) is 84.4 cm³/mol. The first kappa shape index (κ1) is 15.9. The van der Waals surface area contributed by atoms with E-state index in [1.165, 1.54) is 11.1 Å². The highest BCUT2D eigenvalue weighted by Crippen LogP contribution is 2.20. The van der Waals surface area contributed by atoms with E-state index in [2.05, 4.69) is 29.4 Å². The van der Waals surface area contributed by atoms with Crippen LogP contribution in [0, 0.1) is 0 Å². The number of nitrogens with zero attached hydrogens (tertiary/aromatic N) is 1. The van der Waals surface area contributed by atoms with Crippen molar-refractivity contribution >= 4 is 11.6 Å². The van der Waals surface area contributed by atoms with Crippen LogP contribution in [0.2, 0.25) is 0 Å². The van der Waals surface area contributed by atoms with Gasteiger partial charge in [0.1, 0.15) is 6.04 Å². The molecule has 0 fully saturated rings. The number of carbonyl (C=O) groups excluding carboxylic acids is 1. The molecule has 1 aliphatic heterocycles. The lowest BCUT2D eigenvalue weighted by Gasteiger charge is -2.14. The Labute approximate surface area is 126 Å². The van der Waals surface area contributed by atoms with Gasteiger partial charge in [-0.05, 0) is 50.1 Å². The van der Waals surface area contributed by atoms with Gasteiger partial charge in [-0.15, -0.1) is 0 Å². The molecule has 0 aliphatic carbocycles. The SMILES string of the molecule is CCOCC(N)C(=O)Nc1ccc2c(c1)CCN(C)CC2. The first-order chi connectivity index (χ1) is 10.1. The number of benzene rings is 1. The Morgan fingerprint density at radius 1 is 1.38 bits per heavy atom. The molecule has 21 heavy (non-hydrogen) atoms. The third-order valence-corrected chi connectivity index (χ3v) is 3.84. The number of hydrogen-bond acceptors (Lipinski definition) is 4. The molecule has 5 nitrogen and oxygen atoms in total. The summed E-state index contributed by atoms with van der Waals surface area (Å²) in [6.07, 6.45) is 2.07. The van der Waals surface area contributed by atoms with E-state index in [9.17, 15) is 4.79 Å². The second-order valence-corrected chi connectivity index (χ2v) is 5.54. The summed E-state index contributed by atoms with van der Waals surface area (Å²) < 4.78 is 5.18. The molecule has 0 bridgehead atoms. The van der Waals surface area contributed by atoms with Gasteiger partial charge in [0.25, 0.3) is 0 Å². The van der Waals surface area contributed by atoms with Crippen molar-refractivity contribution < 1.29 is 9.53 Å². The number of carbonyl (C=O) groups is 1. The maximum atomic E-state index is 12.0. The third-order valence-electron chi connectivity index (χ3n) is 3.84. The zero-order chi connectivity index (χ0) is 15.2. The number of ether oxygens (including phenoxy) is 1. The third kappa shape index (κ3) is 4.52. The Balaban J connectivity index is 2.00. The first-order valence-electron chi connectivity index (χ1n) is 7.54. The van der Waals surface area contributed by atoms with E-state index in [-0.39, 0.29) is 12.5 Å². The molecule has 0 spiro atoms. The van der Waals surface area contributed by atoms with Crippen molar-refractivity contribution in [1.29, 1.82) is 0 Å². The molecule has 1 heterocycles. The lowest BCUT2D eigenvalue weighted by atomic mass is 10.0. The van der Waals surface area contributed by atoms with Crippen LogP contribution in [-0.2, 0) is 22.4 Å². The van der Waals surface area contributed by atoms with Gasteiger partial charge in [0.05, 0.1) is 6.61 Å². The Morgan fingerprint density at radius 2 is 2.10 bits per heavy atom. The average Bonchev–Trinajstić information content (AvgIpc) is 2.66. The summed E-state index contributed by atoms with van der Waals surface area (Å²) in [5, 5.41) is 2.87. The van der Waals surface area contributed by atoms with Crippen molar-refractivity contribution in [2.75, 3.05) is 38.7 Å². The van der Waals surface area contributed by atoms with Gasteiger partial charge in [0.2, 0.25) is 5.91 Å².